The van der Waals surface area contributed by atoms with Gasteiger partial charge in [-0.15, -0.1) is 0 Å². The Bertz CT molecular complexity index is 564. The molecule has 112 valence electrons. The average Bonchev–Trinajstić information content (AvgIpc) is 3.29. The number of aryl methyl sites for hydroxylation is 1. The lowest BCUT2D eigenvalue weighted by Crippen LogP contribution is -2.11. The second kappa shape index (κ2) is 6.72. The van der Waals surface area contributed by atoms with Crippen molar-refractivity contribution in [1.82, 2.24) is 14.8 Å². The van der Waals surface area contributed by atoms with E-state index in [4.69, 9.17) is 9.84 Å². The van der Waals surface area contributed by atoms with Crippen LogP contribution in [-0.4, -0.2) is 33.1 Å². The molecule has 1 aliphatic carbocycles. The van der Waals surface area contributed by atoms with Crippen LogP contribution >= 0.6 is 0 Å². The molecule has 1 aromatic heterocycles. The highest BCUT2D eigenvalue weighted by Gasteiger charge is 2.28. The molecule has 1 saturated carbocycles. The molecule has 0 saturated heterocycles. The Kier molecular flexibility index (Phi) is 4.50. The number of aliphatic hydroxyl groups is 1. The molecule has 0 unspecified atom stereocenters. The lowest BCUT2D eigenvalue weighted by Gasteiger charge is -2.07. The van der Waals surface area contributed by atoms with Gasteiger partial charge in [-0.25, -0.2) is 9.67 Å². The first-order chi connectivity index (χ1) is 10.4. The maximum Gasteiger partial charge on any atom is 0.154 e. The molecule has 21 heavy (non-hydrogen) atoms. The summed E-state index contributed by atoms with van der Waals surface area (Å²) in [4.78, 5) is 4.65. The van der Waals surface area contributed by atoms with E-state index in [0.717, 1.165) is 30.4 Å². The first-order valence-electron chi connectivity index (χ1n) is 7.59. The van der Waals surface area contributed by atoms with Gasteiger partial charge < -0.3 is 9.84 Å². The normalized spacial score (nSPS) is 14.3. The van der Waals surface area contributed by atoms with E-state index in [9.17, 15) is 0 Å². The standard InChI is InChI=1S/C16H21N3O2/c20-11-4-10-19-15(17-16(18-19)13-7-8-13)9-12-21-14-5-2-1-3-6-14/h1-3,5-6,13,20H,4,7-12H2. The van der Waals surface area contributed by atoms with Crippen LogP contribution in [0.5, 0.6) is 5.75 Å². The first-order valence-corrected chi connectivity index (χ1v) is 7.59. The summed E-state index contributed by atoms with van der Waals surface area (Å²) >= 11 is 0. The zero-order valence-corrected chi connectivity index (χ0v) is 12.1. The van der Waals surface area contributed by atoms with Gasteiger partial charge in [0.2, 0.25) is 0 Å². The molecule has 0 aliphatic heterocycles. The Balaban J connectivity index is 1.60. The van der Waals surface area contributed by atoms with E-state index in [1.165, 1.54) is 12.8 Å². The zero-order chi connectivity index (χ0) is 14.5. The van der Waals surface area contributed by atoms with Crippen LogP contribution in [0.15, 0.2) is 30.3 Å². The van der Waals surface area contributed by atoms with E-state index in [1.54, 1.807) is 0 Å². The second-order valence-corrected chi connectivity index (χ2v) is 5.37. The monoisotopic (exact) mass is 287 g/mol. The molecule has 2 aromatic rings. The molecule has 0 bridgehead atoms. The van der Waals surface area contributed by atoms with Crippen molar-refractivity contribution in [3.05, 3.63) is 42.0 Å². The van der Waals surface area contributed by atoms with E-state index in [1.807, 2.05) is 35.0 Å². The largest absolute Gasteiger partial charge is 0.493 e. The summed E-state index contributed by atoms with van der Waals surface area (Å²) < 4.78 is 7.65. The Morgan fingerprint density at radius 3 is 2.76 bits per heavy atom. The Labute approximate surface area is 124 Å². The molecule has 5 nitrogen and oxygen atoms in total. The fraction of sp³-hybridized carbons (Fsp3) is 0.500. The number of nitrogens with zero attached hydrogens (tertiary/aromatic N) is 3. The van der Waals surface area contributed by atoms with Crippen molar-refractivity contribution in [2.45, 2.75) is 38.1 Å². The SMILES string of the molecule is OCCCn1nc(C2CC2)nc1CCOc1ccccc1. The molecule has 1 N–H and O–H groups in total. The van der Waals surface area contributed by atoms with Crippen LogP contribution in [0.3, 0.4) is 0 Å². The average molecular weight is 287 g/mol. The van der Waals surface area contributed by atoms with Crippen molar-refractivity contribution >= 4 is 0 Å². The molecule has 0 amide bonds. The van der Waals surface area contributed by atoms with Crippen LogP contribution in [0.4, 0.5) is 0 Å². The summed E-state index contributed by atoms with van der Waals surface area (Å²) in [6.07, 6.45) is 3.84. The van der Waals surface area contributed by atoms with Gasteiger partial charge in [0.05, 0.1) is 6.61 Å². The Morgan fingerprint density at radius 2 is 2.05 bits per heavy atom. The molecule has 1 aromatic carbocycles. The van der Waals surface area contributed by atoms with Crippen LogP contribution in [-0.2, 0) is 13.0 Å². The summed E-state index contributed by atoms with van der Waals surface area (Å²) in [5, 5.41) is 13.6. The molecule has 1 aliphatic rings. The number of ether oxygens (including phenoxy) is 1. The van der Waals surface area contributed by atoms with Crippen LogP contribution in [0, 0.1) is 0 Å². The third-order valence-electron chi connectivity index (χ3n) is 3.57. The highest BCUT2D eigenvalue weighted by Crippen LogP contribution is 2.38. The number of benzene rings is 1. The van der Waals surface area contributed by atoms with Gasteiger partial charge in [-0.2, -0.15) is 5.10 Å². The molecule has 0 radical (unpaired) electrons. The van der Waals surface area contributed by atoms with Gasteiger partial charge >= 0.3 is 0 Å². The predicted molar refractivity (Wildman–Crippen MR) is 79.3 cm³/mol. The minimum atomic E-state index is 0.179. The van der Waals surface area contributed by atoms with E-state index in [0.29, 0.717) is 18.9 Å². The molecule has 1 fully saturated rings. The molecule has 0 spiro atoms. The highest BCUT2D eigenvalue weighted by molar-refractivity contribution is 5.20. The third kappa shape index (κ3) is 3.82. The number of hydrogen-bond donors (Lipinski definition) is 1. The summed E-state index contributed by atoms with van der Waals surface area (Å²) in [6.45, 7) is 1.49. The Morgan fingerprint density at radius 1 is 1.24 bits per heavy atom. The summed E-state index contributed by atoms with van der Waals surface area (Å²) in [5.41, 5.74) is 0. The number of aromatic nitrogens is 3. The van der Waals surface area contributed by atoms with Crippen molar-refractivity contribution in [3.63, 3.8) is 0 Å². The minimum absolute atomic E-state index is 0.179. The maximum absolute atomic E-state index is 8.99. The third-order valence-corrected chi connectivity index (χ3v) is 3.57. The quantitative estimate of drug-likeness (QED) is 0.808. The van der Waals surface area contributed by atoms with Gasteiger partial charge in [0.1, 0.15) is 11.6 Å². The van der Waals surface area contributed by atoms with Gasteiger partial charge in [0, 0.05) is 25.5 Å². The fourth-order valence-corrected chi connectivity index (χ4v) is 2.27. The summed E-state index contributed by atoms with van der Waals surface area (Å²) in [6, 6.07) is 9.80. The zero-order valence-electron chi connectivity index (χ0n) is 12.1. The second-order valence-electron chi connectivity index (χ2n) is 5.37. The van der Waals surface area contributed by atoms with E-state index in [2.05, 4.69) is 10.1 Å². The molecule has 5 heteroatoms. The van der Waals surface area contributed by atoms with Crippen molar-refractivity contribution < 1.29 is 9.84 Å². The fourth-order valence-electron chi connectivity index (χ4n) is 2.27. The molecule has 0 atom stereocenters. The highest BCUT2D eigenvalue weighted by atomic mass is 16.5. The smallest absolute Gasteiger partial charge is 0.154 e. The minimum Gasteiger partial charge on any atom is -0.493 e. The van der Waals surface area contributed by atoms with E-state index >= 15 is 0 Å². The van der Waals surface area contributed by atoms with Crippen LogP contribution in [0.25, 0.3) is 0 Å². The van der Waals surface area contributed by atoms with Gasteiger partial charge in [0.15, 0.2) is 5.82 Å². The van der Waals surface area contributed by atoms with Gasteiger partial charge in [0.25, 0.3) is 0 Å². The van der Waals surface area contributed by atoms with E-state index in [-0.39, 0.29) is 6.61 Å². The lowest BCUT2D eigenvalue weighted by molar-refractivity contribution is 0.274. The predicted octanol–water partition coefficient (Wildman–Crippen LogP) is 2.16. The molecule has 1 heterocycles. The molecule has 3 rings (SSSR count). The Hall–Kier alpha value is -1.88. The maximum atomic E-state index is 8.99. The lowest BCUT2D eigenvalue weighted by atomic mass is 10.3. The van der Waals surface area contributed by atoms with Crippen molar-refractivity contribution in [2.75, 3.05) is 13.2 Å². The number of para-hydroxylation sites is 1. The van der Waals surface area contributed by atoms with Crippen molar-refractivity contribution in [3.8, 4) is 5.75 Å². The number of aliphatic hydroxyl groups excluding tert-OH is 1. The van der Waals surface area contributed by atoms with Crippen LogP contribution < -0.4 is 4.74 Å². The van der Waals surface area contributed by atoms with Gasteiger partial charge in [-0.05, 0) is 31.4 Å². The molecular formula is C16H21N3O2. The summed E-state index contributed by atoms with van der Waals surface area (Å²) in [5.74, 6) is 3.35. The number of hydrogen-bond acceptors (Lipinski definition) is 4. The van der Waals surface area contributed by atoms with Crippen LogP contribution in [0.1, 0.15) is 36.8 Å². The van der Waals surface area contributed by atoms with Gasteiger partial charge in [-0.1, -0.05) is 18.2 Å². The summed E-state index contributed by atoms with van der Waals surface area (Å²) in [7, 11) is 0. The molecular weight excluding hydrogens is 266 g/mol. The van der Waals surface area contributed by atoms with Gasteiger partial charge in [-0.3, -0.25) is 0 Å². The topological polar surface area (TPSA) is 60.2 Å². The van der Waals surface area contributed by atoms with Crippen molar-refractivity contribution in [1.29, 1.82) is 0 Å². The first kappa shape index (κ1) is 14.1. The van der Waals surface area contributed by atoms with Crippen LogP contribution in [0.2, 0.25) is 0 Å². The van der Waals surface area contributed by atoms with Crippen molar-refractivity contribution in [2.24, 2.45) is 0 Å². The number of rotatable bonds is 8. The van der Waals surface area contributed by atoms with E-state index < -0.39 is 0 Å².